The first-order valence-electron chi connectivity index (χ1n) is 3.82. The number of alkyl halides is 5. The molecule has 0 atom stereocenters. The third-order valence-electron chi connectivity index (χ3n) is 1.61. The van der Waals surface area contributed by atoms with E-state index in [1.54, 1.807) is 0 Å². The van der Waals surface area contributed by atoms with Crippen molar-refractivity contribution in [3.63, 3.8) is 0 Å². The van der Waals surface area contributed by atoms with Gasteiger partial charge in [-0.25, -0.2) is 18.6 Å². The van der Waals surface area contributed by atoms with Crippen molar-refractivity contribution in [1.29, 1.82) is 0 Å². The molecule has 0 radical (unpaired) electrons. The van der Waals surface area contributed by atoms with Crippen LogP contribution < -0.4 is 0 Å². The van der Waals surface area contributed by atoms with Crippen LogP contribution in [0.5, 0.6) is 0 Å². The van der Waals surface area contributed by atoms with Gasteiger partial charge in [0.2, 0.25) is 0 Å². The number of carboxylic acid groups (broad SMARTS) is 1. The predicted molar refractivity (Wildman–Crippen MR) is 41.2 cm³/mol. The van der Waals surface area contributed by atoms with Crippen LogP contribution in [0.2, 0.25) is 0 Å². The van der Waals surface area contributed by atoms with Crippen molar-refractivity contribution in [2.45, 2.75) is 12.6 Å². The second-order valence-electron chi connectivity index (χ2n) is 2.77. The van der Waals surface area contributed by atoms with Crippen LogP contribution in [0.3, 0.4) is 0 Å². The number of carboxylic acids is 1. The van der Waals surface area contributed by atoms with Gasteiger partial charge in [0.05, 0.1) is 5.56 Å². The topological polar surface area (TPSA) is 50.2 Å². The summed E-state index contributed by atoms with van der Waals surface area (Å²) in [4.78, 5) is 13.1. The Kier molecular flexibility index (Phi) is 3.11. The monoisotopic (exact) mass is 241 g/mol. The highest BCUT2D eigenvalue weighted by atomic mass is 19.4. The SMILES string of the molecule is O=C(O)c1cc(C(F)F)nc(C(F)(F)F)c1. The third kappa shape index (κ3) is 2.65. The van der Waals surface area contributed by atoms with E-state index in [1.165, 1.54) is 0 Å². The molecule has 1 aromatic heterocycles. The van der Waals surface area contributed by atoms with Crippen molar-refractivity contribution in [3.8, 4) is 0 Å². The quantitative estimate of drug-likeness (QED) is 0.810. The van der Waals surface area contributed by atoms with Gasteiger partial charge in [0, 0.05) is 0 Å². The average Bonchev–Trinajstić information content (AvgIpc) is 2.15. The molecule has 0 saturated carbocycles. The Morgan fingerprint density at radius 3 is 2.25 bits per heavy atom. The molecule has 0 aliphatic rings. The molecule has 0 bridgehead atoms. The smallest absolute Gasteiger partial charge is 0.433 e. The van der Waals surface area contributed by atoms with Gasteiger partial charge in [-0.15, -0.1) is 0 Å². The molecular formula is C8H4F5NO2. The van der Waals surface area contributed by atoms with Crippen LogP contribution in [0.4, 0.5) is 22.0 Å². The zero-order valence-corrected chi connectivity index (χ0v) is 7.42. The van der Waals surface area contributed by atoms with Crippen molar-refractivity contribution in [2.75, 3.05) is 0 Å². The summed E-state index contributed by atoms with van der Waals surface area (Å²) in [5, 5.41) is 8.44. The summed E-state index contributed by atoms with van der Waals surface area (Å²) in [5.74, 6) is -1.73. The van der Waals surface area contributed by atoms with Crippen LogP contribution in [-0.2, 0) is 6.18 Å². The second kappa shape index (κ2) is 4.03. The van der Waals surface area contributed by atoms with Gasteiger partial charge in [-0.2, -0.15) is 13.2 Å². The van der Waals surface area contributed by atoms with E-state index in [0.29, 0.717) is 6.07 Å². The largest absolute Gasteiger partial charge is 0.478 e. The highest BCUT2D eigenvalue weighted by Crippen LogP contribution is 2.30. The molecule has 0 spiro atoms. The molecule has 3 nitrogen and oxygen atoms in total. The molecule has 1 rings (SSSR count). The molecule has 0 amide bonds. The van der Waals surface area contributed by atoms with Gasteiger partial charge in [-0.1, -0.05) is 0 Å². The zero-order chi connectivity index (χ0) is 12.5. The molecule has 0 aromatic carbocycles. The molecule has 1 heterocycles. The number of hydrogen-bond donors (Lipinski definition) is 1. The minimum Gasteiger partial charge on any atom is -0.478 e. The van der Waals surface area contributed by atoms with E-state index in [1.807, 2.05) is 0 Å². The van der Waals surface area contributed by atoms with Crippen LogP contribution in [0.15, 0.2) is 12.1 Å². The predicted octanol–water partition coefficient (Wildman–Crippen LogP) is 2.74. The van der Waals surface area contributed by atoms with E-state index in [9.17, 15) is 26.7 Å². The van der Waals surface area contributed by atoms with Gasteiger partial charge in [-0.3, -0.25) is 0 Å². The van der Waals surface area contributed by atoms with Crippen molar-refractivity contribution < 1.29 is 31.9 Å². The van der Waals surface area contributed by atoms with Crippen molar-refractivity contribution in [2.24, 2.45) is 0 Å². The number of aromatic nitrogens is 1. The molecule has 1 aromatic rings. The minimum atomic E-state index is -4.96. The normalized spacial score (nSPS) is 11.9. The Labute approximate surface area is 85.5 Å². The summed E-state index contributed by atoms with van der Waals surface area (Å²) in [6, 6.07) is 0.608. The van der Waals surface area contributed by atoms with Gasteiger partial charge >= 0.3 is 12.1 Å². The summed E-state index contributed by atoms with van der Waals surface area (Å²) in [6.07, 6.45) is -8.23. The van der Waals surface area contributed by atoms with Crippen LogP contribution in [0.25, 0.3) is 0 Å². The lowest BCUT2D eigenvalue weighted by Crippen LogP contribution is -2.12. The maximum Gasteiger partial charge on any atom is 0.433 e. The van der Waals surface area contributed by atoms with Gasteiger partial charge < -0.3 is 5.11 Å². The zero-order valence-electron chi connectivity index (χ0n) is 7.42. The van der Waals surface area contributed by atoms with E-state index in [4.69, 9.17) is 5.11 Å². The van der Waals surface area contributed by atoms with E-state index < -0.39 is 35.5 Å². The van der Waals surface area contributed by atoms with Crippen LogP contribution in [0.1, 0.15) is 28.2 Å². The minimum absolute atomic E-state index is 0.203. The second-order valence-corrected chi connectivity index (χ2v) is 2.77. The average molecular weight is 241 g/mol. The van der Waals surface area contributed by atoms with Gasteiger partial charge in [0.25, 0.3) is 6.43 Å². The summed E-state index contributed by atoms with van der Waals surface area (Å²) in [5.41, 5.74) is -3.74. The Bertz CT molecular complexity index is 415. The summed E-state index contributed by atoms with van der Waals surface area (Å²) in [6.45, 7) is 0. The Balaban J connectivity index is 3.36. The van der Waals surface area contributed by atoms with Gasteiger partial charge in [0.15, 0.2) is 0 Å². The highest BCUT2D eigenvalue weighted by Gasteiger charge is 2.34. The van der Waals surface area contributed by atoms with E-state index in [0.717, 1.165) is 0 Å². The lowest BCUT2D eigenvalue weighted by molar-refractivity contribution is -0.141. The lowest BCUT2D eigenvalue weighted by Gasteiger charge is -2.08. The first kappa shape index (κ1) is 12.3. The Hall–Kier alpha value is -1.73. The van der Waals surface area contributed by atoms with Crippen molar-refractivity contribution in [3.05, 3.63) is 29.1 Å². The molecule has 0 fully saturated rings. The fourth-order valence-corrected chi connectivity index (χ4v) is 0.932. The van der Waals surface area contributed by atoms with Crippen molar-refractivity contribution >= 4 is 5.97 Å². The van der Waals surface area contributed by atoms with E-state index >= 15 is 0 Å². The highest BCUT2D eigenvalue weighted by molar-refractivity contribution is 5.87. The lowest BCUT2D eigenvalue weighted by atomic mass is 10.2. The van der Waals surface area contributed by atoms with Crippen LogP contribution in [0, 0.1) is 0 Å². The number of nitrogens with zero attached hydrogens (tertiary/aromatic N) is 1. The van der Waals surface area contributed by atoms with E-state index in [-0.39, 0.29) is 6.07 Å². The first-order valence-corrected chi connectivity index (χ1v) is 3.82. The van der Waals surface area contributed by atoms with Gasteiger partial charge in [-0.05, 0) is 12.1 Å². The van der Waals surface area contributed by atoms with E-state index in [2.05, 4.69) is 4.98 Å². The van der Waals surface area contributed by atoms with Crippen molar-refractivity contribution in [1.82, 2.24) is 4.98 Å². The summed E-state index contributed by atoms with van der Waals surface area (Å²) >= 11 is 0. The molecule has 1 N–H and O–H groups in total. The molecule has 16 heavy (non-hydrogen) atoms. The third-order valence-corrected chi connectivity index (χ3v) is 1.61. The fourth-order valence-electron chi connectivity index (χ4n) is 0.932. The number of rotatable bonds is 2. The van der Waals surface area contributed by atoms with Crippen LogP contribution in [-0.4, -0.2) is 16.1 Å². The van der Waals surface area contributed by atoms with Crippen LogP contribution >= 0.6 is 0 Å². The Morgan fingerprint density at radius 1 is 1.31 bits per heavy atom. The number of halogens is 5. The number of hydrogen-bond acceptors (Lipinski definition) is 2. The molecule has 0 unspecified atom stereocenters. The Morgan fingerprint density at radius 2 is 1.88 bits per heavy atom. The molecule has 0 aliphatic carbocycles. The van der Waals surface area contributed by atoms with Gasteiger partial charge in [0.1, 0.15) is 11.4 Å². The molecule has 88 valence electrons. The fraction of sp³-hybridized carbons (Fsp3) is 0.250. The number of pyridine rings is 1. The number of carbonyl (C=O) groups is 1. The molecule has 8 heteroatoms. The standard InChI is InChI=1S/C8H4F5NO2/c9-6(10)4-1-3(7(15)16)2-5(14-4)8(11,12)13/h1-2,6H,(H,15,16). The summed E-state index contributed by atoms with van der Waals surface area (Å²) < 4.78 is 60.8. The molecule has 0 aliphatic heterocycles. The maximum absolute atomic E-state index is 12.2. The number of aromatic carboxylic acids is 1. The summed E-state index contributed by atoms with van der Waals surface area (Å²) in [7, 11) is 0. The first-order chi connectivity index (χ1) is 7.21. The molecular weight excluding hydrogens is 237 g/mol. The maximum atomic E-state index is 12.2. The molecule has 0 saturated heterocycles.